The second-order valence-electron chi connectivity index (χ2n) is 3.30. The van der Waals surface area contributed by atoms with E-state index in [1.54, 1.807) is 0 Å². The summed E-state index contributed by atoms with van der Waals surface area (Å²) in [5.74, 6) is 0. The summed E-state index contributed by atoms with van der Waals surface area (Å²) in [6, 6.07) is 6.29. The normalized spacial score (nSPS) is 14.6. The van der Waals surface area contributed by atoms with Gasteiger partial charge in [-0.05, 0) is 0 Å². The Kier molecular flexibility index (Phi) is 3.36. The second kappa shape index (κ2) is 4.55. The Balaban J connectivity index is 2.28. The van der Waals surface area contributed by atoms with Crippen LogP contribution in [0.25, 0.3) is 6.08 Å². The van der Waals surface area contributed by atoms with E-state index in [0.717, 1.165) is 12.1 Å². The van der Waals surface area contributed by atoms with Gasteiger partial charge in [-0.1, -0.05) is 0 Å². The molecule has 14 heavy (non-hydrogen) atoms. The molecule has 1 aliphatic rings. The summed E-state index contributed by atoms with van der Waals surface area (Å²) >= 11 is 2.49. The fraction of sp³-hybridized carbons (Fsp3) is 0.200. The Morgan fingerprint density at radius 1 is 1.43 bits per heavy atom. The van der Waals surface area contributed by atoms with Gasteiger partial charge < -0.3 is 0 Å². The molecule has 1 aliphatic carbocycles. The van der Waals surface area contributed by atoms with Gasteiger partial charge in [0.2, 0.25) is 0 Å². The van der Waals surface area contributed by atoms with Crippen molar-refractivity contribution in [2.24, 2.45) is 9.24 Å². The molecule has 2 rings (SSSR count). The maximum atomic E-state index is 4.15. The molecule has 0 saturated heterocycles. The summed E-state index contributed by atoms with van der Waals surface area (Å²) in [5, 5.41) is 4.15. The number of nitrogens with zero attached hydrogens (tertiary/aromatic N) is 2. The van der Waals surface area contributed by atoms with Gasteiger partial charge in [0.25, 0.3) is 0 Å². The Morgan fingerprint density at radius 2 is 2.29 bits per heavy atom. The van der Waals surface area contributed by atoms with Crippen LogP contribution in [-0.2, 0) is 6.42 Å². The third-order valence-corrected chi connectivity index (χ3v) is 3.40. The van der Waals surface area contributed by atoms with E-state index < -0.39 is 0 Å². The van der Waals surface area contributed by atoms with Crippen LogP contribution in [0.5, 0.6) is 0 Å². The SMILES string of the molecule is CC1=Cc2ccc(N=N[Se]I)cc2C1. The van der Waals surface area contributed by atoms with Gasteiger partial charge in [-0.25, -0.2) is 0 Å². The number of hydrogen-bond donors (Lipinski definition) is 0. The minimum atomic E-state index is 0.241. The van der Waals surface area contributed by atoms with Crippen molar-refractivity contribution in [3.8, 4) is 0 Å². The van der Waals surface area contributed by atoms with Crippen LogP contribution in [0.1, 0.15) is 18.1 Å². The first-order valence-electron chi connectivity index (χ1n) is 4.28. The molecule has 4 heteroatoms. The summed E-state index contributed by atoms with van der Waals surface area (Å²) in [6.45, 7) is 2.16. The molecular weight excluding hydrogens is 354 g/mol. The zero-order valence-corrected chi connectivity index (χ0v) is 11.6. The molecule has 0 atom stereocenters. The van der Waals surface area contributed by atoms with Crippen molar-refractivity contribution in [2.75, 3.05) is 0 Å². The van der Waals surface area contributed by atoms with E-state index in [1.165, 1.54) is 16.7 Å². The van der Waals surface area contributed by atoms with Crippen molar-refractivity contribution in [1.29, 1.82) is 0 Å². The van der Waals surface area contributed by atoms with Gasteiger partial charge >= 0.3 is 102 Å². The zero-order chi connectivity index (χ0) is 9.97. The molecule has 0 bridgehead atoms. The van der Waals surface area contributed by atoms with Crippen LogP contribution in [0.2, 0.25) is 0 Å². The molecular formula is C10H9IN2Se. The minimum absolute atomic E-state index is 0.241. The number of benzene rings is 1. The number of halogens is 1. The van der Waals surface area contributed by atoms with Crippen molar-refractivity contribution in [2.45, 2.75) is 13.3 Å². The zero-order valence-electron chi connectivity index (χ0n) is 7.70. The van der Waals surface area contributed by atoms with Crippen LogP contribution >= 0.6 is 20.3 Å². The standard InChI is InChI=1S/C10H9IN2Se/c1-7-4-8-2-3-10(12-13-14-11)6-9(8)5-7/h2-4,6H,5H2,1H3. The van der Waals surface area contributed by atoms with Crippen molar-refractivity contribution >= 4 is 44.0 Å². The summed E-state index contributed by atoms with van der Waals surface area (Å²) in [5.41, 5.74) is 5.11. The first kappa shape index (κ1) is 10.3. The van der Waals surface area contributed by atoms with Crippen molar-refractivity contribution in [3.63, 3.8) is 0 Å². The van der Waals surface area contributed by atoms with E-state index in [9.17, 15) is 0 Å². The van der Waals surface area contributed by atoms with Gasteiger partial charge in [0, 0.05) is 0 Å². The maximum absolute atomic E-state index is 4.15. The first-order chi connectivity index (χ1) is 6.79. The molecule has 2 nitrogen and oxygen atoms in total. The third-order valence-electron chi connectivity index (χ3n) is 2.18. The number of allylic oxidation sites excluding steroid dienone is 1. The molecule has 72 valence electrons. The Morgan fingerprint density at radius 3 is 3.07 bits per heavy atom. The third kappa shape index (κ3) is 2.24. The number of hydrogen-bond acceptors (Lipinski definition) is 2. The van der Waals surface area contributed by atoms with E-state index in [-0.39, 0.29) is 11.9 Å². The molecule has 0 amide bonds. The quantitative estimate of drug-likeness (QED) is 0.435. The van der Waals surface area contributed by atoms with Crippen LogP contribution in [0.4, 0.5) is 5.69 Å². The van der Waals surface area contributed by atoms with Crippen LogP contribution < -0.4 is 0 Å². The second-order valence-corrected chi connectivity index (χ2v) is 5.98. The van der Waals surface area contributed by atoms with E-state index >= 15 is 0 Å². The number of fused-ring (bicyclic) bond motifs is 1. The van der Waals surface area contributed by atoms with Gasteiger partial charge in [0.05, 0.1) is 0 Å². The molecule has 0 heterocycles. The average Bonchev–Trinajstić information content (AvgIpc) is 2.54. The topological polar surface area (TPSA) is 24.7 Å². The molecule has 0 radical (unpaired) electrons. The van der Waals surface area contributed by atoms with Crippen LogP contribution in [0, 0.1) is 0 Å². The molecule has 0 spiro atoms. The van der Waals surface area contributed by atoms with Gasteiger partial charge in [0.1, 0.15) is 0 Å². The fourth-order valence-corrected chi connectivity index (χ4v) is 2.35. The predicted octanol–water partition coefficient (Wildman–Crippen LogP) is 3.70. The van der Waals surface area contributed by atoms with E-state index in [4.69, 9.17) is 0 Å². The summed E-state index contributed by atoms with van der Waals surface area (Å²) in [7, 11) is 0. The first-order valence-corrected chi connectivity index (χ1v) is 10.3. The van der Waals surface area contributed by atoms with Gasteiger partial charge in [0.15, 0.2) is 0 Å². The van der Waals surface area contributed by atoms with Crippen molar-refractivity contribution in [1.82, 2.24) is 0 Å². The molecule has 1 aromatic carbocycles. The molecule has 0 aromatic heterocycles. The summed E-state index contributed by atoms with van der Waals surface area (Å²) in [6.07, 6.45) is 3.30. The average molecular weight is 363 g/mol. The van der Waals surface area contributed by atoms with Crippen molar-refractivity contribution in [3.05, 3.63) is 34.9 Å². The number of rotatable bonds is 2. The Bertz CT molecular complexity index is 413. The van der Waals surface area contributed by atoms with E-state index in [1.807, 2.05) is 6.07 Å². The molecule has 0 aliphatic heterocycles. The molecule has 0 saturated carbocycles. The van der Waals surface area contributed by atoms with Crippen LogP contribution in [-0.4, -0.2) is 11.9 Å². The Labute approximate surface area is 101 Å². The molecule has 0 N–H and O–H groups in total. The van der Waals surface area contributed by atoms with Crippen LogP contribution in [0.3, 0.4) is 0 Å². The van der Waals surface area contributed by atoms with Crippen LogP contribution in [0.15, 0.2) is 33.0 Å². The molecule has 0 fully saturated rings. The summed E-state index contributed by atoms with van der Waals surface area (Å²) < 4.78 is 4.04. The summed E-state index contributed by atoms with van der Waals surface area (Å²) in [4.78, 5) is 0. The van der Waals surface area contributed by atoms with E-state index in [0.29, 0.717) is 0 Å². The van der Waals surface area contributed by atoms with Gasteiger partial charge in [-0.15, -0.1) is 0 Å². The molecule has 0 unspecified atom stereocenters. The fourth-order valence-electron chi connectivity index (χ4n) is 1.63. The monoisotopic (exact) mass is 364 g/mol. The van der Waals surface area contributed by atoms with Crippen molar-refractivity contribution < 1.29 is 0 Å². The van der Waals surface area contributed by atoms with E-state index in [2.05, 4.69) is 54.7 Å². The predicted molar refractivity (Wildman–Crippen MR) is 68.1 cm³/mol. The van der Waals surface area contributed by atoms with Gasteiger partial charge in [-0.3, -0.25) is 0 Å². The van der Waals surface area contributed by atoms with Gasteiger partial charge in [-0.2, -0.15) is 0 Å². The molecule has 1 aromatic rings. The Hall–Kier alpha value is -0.191.